The summed E-state index contributed by atoms with van der Waals surface area (Å²) in [5.41, 5.74) is 6.95. The van der Waals surface area contributed by atoms with Gasteiger partial charge in [-0.2, -0.15) is 5.10 Å². The Labute approximate surface area is 127 Å². The van der Waals surface area contributed by atoms with Crippen molar-refractivity contribution in [3.8, 4) is 11.3 Å². The van der Waals surface area contributed by atoms with E-state index in [1.165, 1.54) is 12.3 Å². The second-order valence-corrected chi connectivity index (χ2v) is 4.94. The largest absolute Gasteiger partial charge is 0.337 e. The highest BCUT2D eigenvalue weighted by atomic mass is 35.5. The van der Waals surface area contributed by atoms with Gasteiger partial charge in [-0.05, 0) is 18.6 Å². The number of hydrogen-bond acceptors (Lipinski definition) is 3. The maximum atomic E-state index is 13.8. The number of carbonyl (C=O) groups is 1. The van der Waals surface area contributed by atoms with E-state index in [1.807, 2.05) is 0 Å². The van der Waals surface area contributed by atoms with Crippen molar-refractivity contribution in [3.63, 3.8) is 0 Å². The van der Waals surface area contributed by atoms with Gasteiger partial charge in [0, 0.05) is 24.7 Å². The molecule has 0 radical (unpaired) electrons. The zero-order chi connectivity index (χ0) is 14.1. The Balaban J connectivity index is 0.00000161. The summed E-state index contributed by atoms with van der Waals surface area (Å²) in [4.78, 5) is 14.1. The van der Waals surface area contributed by atoms with Crippen LogP contribution >= 0.6 is 12.4 Å². The second kappa shape index (κ2) is 6.24. The molecule has 1 aliphatic rings. The number of aromatic amines is 1. The molecule has 1 saturated heterocycles. The van der Waals surface area contributed by atoms with Crippen molar-refractivity contribution in [1.29, 1.82) is 0 Å². The molecule has 1 amide bonds. The molecule has 5 nitrogen and oxygen atoms in total. The van der Waals surface area contributed by atoms with E-state index in [0.29, 0.717) is 29.9 Å². The van der Waals surface area contributed by atoms with Crippen LogP contribution in [0.4, 0.5) is 4.39 Å². The molecule has 0 spiro atoms. The SMILES string of the molecule is Cl.N[C@@H]1CCN(C(=O)c2cn[nH]c2-c2ccccc2F)C1. The number of halogens is 2. The van der Waals surface area contributed by atoms with Crippen LogP contribution in [0.25, 0.3) is 11.3 Å². The third kappa shape index (κ3) is 2.91. The lowest BCUT2D eigenvalue weighted by molar-refractivity contribution is 0.0791. The zero-order valence-corrected chi connectivity index (χ0v) is 12.1. The quantitative estimate of drug-likeness (QED) is 0.888. The first-order valence-electron chi connectivity index (χ1n) is 6.50. The summed E-state index contributed by atoms with van der Waals surface area (Å²) in [6, 6.07) is 6.32. The lowest BCUT2D eigenvalue weighted by Crippen LogP contribution is -2.32. The van der Waals surface area contributed by atoms with Crippen molar-refractivity contribution in [2.75, 3.05) is 13.1 Å². The summed E-state index contributed by atoms with van der Waals surface area (Å²) >= 11 is 0. The lowest BCUT2D eigenvalue weighted by atomic mass is 10.1. The van der Waals surface area contributed by atoms with Gasteiger partial charge in [0.05, 0.1) is 17.5 Å². The second-order valence-electron chi connectivity index (χ2n) is 4.94. The van der Waals surface area contributed by atoms with E-state index in [9.17, 15) is 9.18 Å². The van der Waals surface area contributed by atoms with Crippen LogP contribution in [0.5, 0.6) is 0 Å². The van der Waals surface area contributed by atoms with Crippen molar-refractivity contribution < 1.29 is 9.18 Å². The number of nitrogens with zero attached hydrogens (tertiary/aromatic N) is 2. The van der Waals surface area contributed by atoms with E-state index in [1.54, 1.807) is 23.1 Å². The van der Waals surface area contributed by atoms with Crippen LogP contribution in [-0.2, 0) is 0 Å². The van der Waals surface area contributed by atoms with E-state index in [-0.39, 0.29) is 30.2 Å². The first-order valence-corrected chi connectivity index (χ1v) is 6.50. The van der Waals surface area contributed by atoms with Crippen molar-refractivity contribution in [1.82, 2.24) is 15.1 Å². The number of H-pyrrole nitrogens is 1. The molecule has 112 valence electrons. The van der Waals surface area contributed by atoms with Gasteiger partial charge >= 0.3 is 0 Å². The number of aromatic nitrogens is 2. The minimum Gasteiger partial charge on any atom is -0.337 e. The van der Waals surface area contributed by atoms with Gasteiger partial charge in [0.2, 0.25) is 0 Å². The van der Waals surface area contributed by atoms with E-state index in [4.69, 9.17) is 5.73 Å². The highest BCUT2D eigenvalue weighted by Crippen LogP contribution is 2.25. The van der Waals surface area contributed by atoms with Gasteiger partial charge in [-0.3, -0.25) is 9.89 Å². The number of amides is 1. The highest BCUT2D eigenvalue weighted by molar-refractivity contribution is 6.00. The van der Waals surface area contributed by atoms with Gasteiger partial charge in [0.15, 0.2) is 0 Å². The van der Waals surface area contributed by atoms with Crippen molar-refractivity contribution in [3.05, 3.63) is 41.8 Å². The maximum absolute atomic E-state index is 13.8. The molecule has 1 fully saturated rings. The molecular weight excluding hydrogens is 295 g/mol. The standard InChI is InChI=1S/C14H15FN4O.ClH/c15-12-4-2-1-3-10(12)13-11(7-17-18-13)14(20)19-6-5-9(16)8-19;/h1-4,7,9H,5-6,8,16H2,(H,17,18);1H/t9-;/m1./s1. The summed E-state index contributed by atoms with van der Waals surface area (Å²) in [6.07, 6.45) is 2.23. The zero-order valence-electron chi connectivity index (χ0n) is 11.3. The number of nitrogens with one attached hydrogen (secondary N) is 1. The fraction of sp³-hybridized carbons (Fsp3) is 0.286. The average molecular weight is 311 g/mol. The molecule has 0 unspecified atom stereocenters. The minimum absolute atomic E-state index is 0. The number of carbonyl (C=O) groups excluding carboxylic acids is 1. The molecule has 0 saturated carbocycles. The van der Waals surface area contributed by atoms with Crippen LogP contribution in [0.1, 0.15) is 16.8 Å². The Bertz CT molecular complexity index is 645. The average Bonchev–Trinajstić information content (AvgIpc) is 3.07. The Hall–Kier alpha value is -1.92. The predicted octanol–water partition coefficient (Wildman–Crippen LogP) is 1.81. The minimum atomic E-state index is -0.385. The molecule has 2 heterocycles. The van der Waals surface area contributed by atoms with E-state index in [2.05, 4.69) is 10.2 Å². The molecule has 1 aromatic carbocycles. The Morgan fingerprint density at radius 2 is 2.19 bits per heavy atom. The first-order chi connectivity index (χ1) is 9.66. The molecular formula is C14H16ClFN4O. The topological polar surface area (TPSA) is 75.0 Å². The van der Waals surface area contributed by atoms with E-state index >= 15 is 0 Å². The molecule has 3 N–H and O–H groups in total. The molecule has 1 aromatic heterocycles. The summed E-state index contributed by atoms with van der Waals surface area (Å²) in [6.45, 7) is 1.16. The third-order valence-corrected chi connectivity index (χ3v) is 3.52. The molecule has 2 aromatic rings. The van der Waals surface area contributed by atoms with Gasteiger partial charge in [-0.1, -0.05) is 12.1 Å². The summed E-state index contributed by atoms with van der Waals surface area (Å²) in [7, 11) is 0. The van der Waals surface area contributed by atoms with E-state index < -0.39 is 0 Å². The molecule has 1 atom stereocenters. The molecule has 3 rings (SSSR count). The van der Waals surface area contributed by atoms with Crippen LogP contribution in [0, 0.1) is 5.82 Å². The molecule has 0 aliphatic carbocycles. The highest BCUT2D eigenvalue weighted by Gasteiger charge is 2.27. The lowest BCUT2D eigenvalue weighted by Gasteiger charge is -2.15. The molecule has 1 aliphatic heterocycles. The Kier molecular flexibility index (Phi) is 4.59. The van der Waals surface area contributed by atoms with Crippen molar-refractivity contribution >= 4 is 18.3 Å². The van der Waals surface area contributed by atoms with Gasteiger partial charge in [-0.15, -0.1) is 12.4 Å². The van der Waals surface area contributed by atoms with Gasteiger partial charge in [0.25, 0.3) is 5.91 Å². The molecule has 21 heavy (non-hydrogen) atoms. The summed E-state index contributed by atoms with van der Waals surface area (Å²) in [5, 5.41) is 6.59. The van der Waals surface area contributed by atoms with Crippen LogP contribution in [0.2, 0.25) is 0 Å². The van der Waals surface area contributed by atoms with Gasteiger partial charge < -0.3 is 10.6 Å². The maximum Gasteiger partial charge on any atom is 0.257 e. The number of nitrogens with two attached hydrogens (primary N) is 1. The number of benzene rings is 1. The fourth-order valence-corrected chi connectivity index (χ4v) is 2.46. The van der Waals surface area contributed by atoms with Crippen molar-refractivity contribution in [2.24, 2.45) is 5.73 Å². The normalized spacial score (nSPS) is 17.6. The number of rotatable bonds is 2. The summed E-state index contributed by atoms with van der Waals surface area (Å²) in [5.74, 6) is -0.547. The van der Waals surface area contributed by atoms with Gasteiger partial charge in [-0.25, -0.2) is 4.39 Å². The third-order valence-electron chi connectivity index (χ3n) is 3.52. The smallest absolute Gasteiger partial charge is 0.257 e. The fourth-order valence-electron chi connectivity index (χ4n) is 2.46. The Morgan fingerprint density at radius 3 is 2.86 bits per heavy atom. The van der Waals surface area contributed by atoms with Crippen LogP contribution in [0.3, 0.4) is 0 Å². The van der Waals surface area contributed by atoms with Crippen LogP contribution < -0.4 is 5.73 Å². The number of likely N-dealkylation sites (tertiary alicyclic amines) is 1. The molecule has 0 bridgehead atoms. The van der Waals surface area contributed by atoms with Crippen LogP contribution in [-0.4, -0.2) is 40.1 Å². The molecule has 7 heteroatoms. The monoisotopic (exact) mass is 310 g/mol. The number of hydrogen-bond donors (Lipinski definition) is 2. The van der Waals surface area contributed by atoms with Crippen LogP contribution in [0.15, 0.2) is 30.5 Å². The van der Waals surface area contributed by atoms with E-state index in [0.717, 1.165) is 6.42 Å². The first kappa shape index (κ1) is 15.5. The summed E-state index contributed by atoms with van der Waals surface area (Å²) < 4.78 is 13.8. The Morgan fingerprint density at radius 1 is 1.43 bits per heavy atom. The van der Waals surface area contributed by atoms with Crippen molar-refractivity contribution in [2.45, 2.75) is 12.5 Å². The predicted molar refractivity (Wildman–Crippen MR) is 79.7 cm³/mol. The van der Waals surface area contributed by atoms with Gasteiger partial charge in [0.1, 0.15) is 5.82 Å².